The predicted octanol–water partition coefficient (Wildman–Crippen LogP) is 3.91. The molecule has 0 heterocycles. The van der Waals surface area contributed by atoms with E-state index in [1.165, 1.54) is 12.1 Å². The molecule has 3 aromatic rings. The number of hydrogen-bond acceptors (Lipinski definition) is 5. The number of sulfonamides is 1. The Bertz CT molecular complexity index is 1180. The second kappa shape index (κ2) is 10.9. The Kier molecular flexibility index (Phi) is 7.95. The zero-order valence-corrected chi connectivity index (χ0v) is 19.8. The van der Waals surface area contributed by atoms with Crippen molar-refractivity contribution in [2.45, 2.75) is 25.3 Å². The van der Waals surface area contributed by atoms with Crippen LogP contribution in [0, 0.1) is 6.92 Å². The summed E-state index contributed by atoms with van der Waals surface area (Å²) >= 11 is 0. The largest absolute Gasteiger partial charge is 0.497 e. The van der Waals surface area contributed by atoms with Crippen molar-refractivity contribution in [2.75, 3.05) is 24.6 Å². The smallest absolute Gasteiger partial charge is 0.264 e. The van der Waals surface area contributed by atoms with Gasteiger partial charge in [-0.1, -0.05) is 42.0 Å². The van der Waals surface area contributed by atoms with Gasteiger partial charge in [0.15, 0.2) is 0 Å². The minimum absolute atomic E-state index is 0.0994. The van der Waals surface area contributed by atoms with Crippen LogP contribution in [0.5, 0.6) is 11.5 Å². The van der Waals surface area contributed by atoms with Crippen LogP contribution in [-0.4, -0.2) is 34.6 Å². The molecule has 0 radical (unpaired) electrons. The Hall–Kier alpha value is -3.52. The lowest BCUT2D eigenvalue weighted by molar-refractivity contribution is -0.119. The van der Waals surface area contributed by atoms with Crippen molar-refractivity contribution in [3.8, 4) is 11.5 Å². The van der Waals surface area contributed by atoms with Crippen molar-refractivity contribution in [3.63, 3.8) is 0 Å². The summed E-state index contributed by atoms with van der Waals surface area (Å²) in [6, 6.07) is 20.6. The molecule has 0 aliphatic carbocycles. The number of amides is 1. The highest BCUT2D eigenvalue weighted by atomic mass is 32.2. The third-order valence-corrected chi connectivity index (χ3v) is 6.75. The first kappa shape index (κ1) is 24.1. The van der Waals surface area contributed by atoms with Gasteiger partial charge in [0, 0.05) is 6.54 Å². The fourth-order valence-electron chi connectivity index (χ4n) is 3.21. The molecule has 1 amide bonds. The van der Waals surface area contributed by atoms with Crippen LogP contribution in [0.3, 0.4) is 0 Å². The van der Waals surface area contributed by atoms with Crippen LogP contribution in [0.25, 0.3) is 0 Å². The lowest BCUT2D eigenvalue weighted by Crippen LogP contribution is -2.40. The Balaban J connectivity index is 1.88. The summed E-state index contributed by atoms with van der Waals surface area (Å²) in [6.45, 7) is 3.92. The lowest BCUT2D eigenvalue weighted by atomic mass is 10.2. The molecule has 0 saturated carbocycles. The average molecular weight is 469 g/mol. The van der Waals surface area contributed by atoms with E-state index in [1.807, 2.05) is 26.0 Å². The molecule has 8 heteroatoms. The van der Waals surface area contributed by atoms with Gasteiger partial charge in [-0.15, -0.1) is 0 Å². The van der Waals surface area contributed by atoms with Crippen molar-refractivity contribution in [1.82, 2.24) is 5.32 Å². The molecule has 7 nitrogen and oxygen atoms in total. The highest BCUT2D eigenvalue weighted by molar-refractivity contribution is 7.92. The molecule has 33 heavy (non-hydrogen) atoms. The molecular weight excluding hydrogens is 440 g/mol. The van der Waals surface area contributed by atoms with Gasteiger partial charge in [0.2, 0.25) is 5.91 Å². The summed E-state index contributed by atoms with van der Waals surface area (Å²) in [5.74, 6) is 0.666. The van der Waals surface area contributed by atoms with Gasteiger partial charge < -0.3 is 14.8 Å². The maximum Gasteiger partial charge on any atom is 0.264 e. The number of methoxy groups -OCH3 is 1. The SMILES string of the molecule is CCOc1ccccc1N(CC(=O)NCc1ccc(OC)cc1)S(=O)(=O)c1ccc(C)cc1. The monoisotopic (exact) mass is 468 g/mol. The number of anilines is 1. The standard InChI is InChI=1S/C25H28N2O5S/c1-4-32-24-8-6-5-7-23(24)27(33(29,30)22-15-9-19(2)10-16-22)18-25(28)26-17-20-11-13-21(31-3)14-12-20/h5-16H,4,17-18H2,1-3H3,(H,26,28). The van der Waals surface area contributed by atoms with Crippen molar-refractivity contribution in [3.05, 3.63) is 83.9 Å². The van der Waals surface area contributed by atoms with Gasteiger partial charge in [-0.05, 0) is 55.8 Å². The molecule has 0 aliphatic heterocycles. The number of hydrogen-bond donors (Lipinski definition) is 1. The molecule has 3 rings (SSSR count). The number of carbonyl (C=O) groups excluding carboxylic acids is 1. The molecule has 0 bridgehead atoms. The minimum Gasteiger partial charge on any atom is -0.497 e. The van der Waals surface area contributed by atoms with E-state index in [1.54, 1.807) is 55.6 Å². The average Bonchev–Trinajstić information content (AvgIpc) is 2.82. The molecule has 3 aromatic carbocycles. The Morgan fingerprint density at radius 3 is 2.27 bits per heavy atom. The number of para-hydroxylation sites is 2. The molecule has 0 aliphatic rings. The molecule has 0 unspecified atom stereocenters. The zero-order chi connectivity index (χ0) is 23.8. The topological polar surface area (TPSA) is 84.9 Å². The quantitative estimate of drug-likeness (QED) is 0.488. The molecule has 0 aromatic heterocycles. The zero-order valence-electron chi connectivity index (χ0n) is 18.9. The number of nitrogens with zero attached hydrogens (tertiary/aromatic N) is 1. The second-order valence-electron chi connectivity index (χ2n) is 7.35. The molecule has 0 atom stereocenters. The first-order valence-corrected chi connectivity index (χ1v) is 12.0. The molecule has 0 spiro atoms. The van der Waals surface area contributed by atoms with E-state index < -0.39 is 22.5 Å². The summed E-state index contributed by atoms with van der Waals surface area (Å²) < 4.78 is 39.0. The maximum atomic E-state index is 13.6. The highest BCUT2D eigenvalue weighted by Crippen LogP contribution is 2.32. The van der Waals surface area contributed by atoms with Crippen LogP contribution in [0.4, 0.5) is 5.69 Å². The second-order valence-corrected chi connectivity index (χ2v) is 9.21. The fraction of sp³-hybridized carbons (Fsp3) is 0.240. The number of carbonyl (C=O) groups is 1. The van der Waals surface area contributed by atoms with Crippen LogP contribution in [-0.2, 0) is 21.4 Å². The van der Waals surface area contributed by atoms with Crippen molar-refractivity contribution >= 4 is 21.6 Å². The Morgan fingerprint density at radius 2 is 1.64 bits per heavy atom. The Labute approximate surface area is 195 Å². The van der Waals surface area contributed by atoms with E-state index in [9.17, 15) is 13.2 Å². The van der Waals surface area contributed by atoms with Crippen LogP contribution in [0.2, 0.25) is 0 Å². The summed E-state index contributed by atoms with van der Waals surface area (Å²) in [5, 5.41) is 2.79. The summed E-state index contributed by atoms with van der Waals surface area (Å²) in [6.07, 6.45) is 0. The van der Waals surface area contributed by atoms with Crippen molar-refractivity contribution in [1.29, 1.82) is 0 Å². The van der Waals surface area contributed by atoms with Gasteiger partial charge in [0.1, 0.15) is 18.0 Å². The number of benzene rings is 3. The molecule has 1 N–H and O–H groups in total. The summed E-state index contributed by atoms with van der Waals surface area (Å²) in [5.41, 5.74) is 2.11. The van der Waals surface area contributed by atoms with Gasteiger partial charge in [0.25, 0.3) is 10.0 Å². The number of aryl methyl sites for hydroxylation is 1. The van der Waals surface area contributed by atoms with Crippen LogP contribution in [0.15, 0.2) is 77.7 Å². The number of rotatable bonds is 10. The number of nitrogens with one attached hydrogen (secondary N) is 1. The minimum atomic E-state index is -4.02. The van der Waals surface area contributed by atoms with E-state index in [-0.39, 0.29) is 11.4 Å². The van der Waals surface area contributed by atoms with Gasteiger partial charge in [-0.3, -0.25) is 9.10 Å². The van der Waals surface area contributed by atoms with Gasteiger partial charge in [-0.2, -0.15) is 0 Å². The van der Waals surface area contributed by atoms with Gasteiger partial charge >= 0.3 is 0 Å². The van der Waals surface area contributed by atoms with Gasteiger partial charge in [0.05, 0.1) is 24.3 Å². The predicted molar refractivity (Wildman–Crippen MR) is 128 cm³/mol. The fourth-order valence-corrected chi connectivity index (χ4v) is 4.64. The highest BCUT2D eigenvalue weighted by Gasteiger charge is 2.29. The van der Waals surface area contributed by atoms with Crippen LogP contribution >= 0.6 is 0 Å². The maximum absolute atomic E-state index is 13.6. The third-order valence-electron chi connectivity index (χ3n) is 4.98. The third kappa shape index (κ3) is 6.04. The molecular formula is C25H28N2O5S. The first-order chi connectivity index (χ1) is 15.8. The molecule has 0 fully saturated rings. The van der Waals surface area contributed by atoms with E-state index in [4.69, 9.17) is 9.47 Å². The normalized spacial score (nSPS) is 11.0. The Morgan fingerprint density at radius 1 is 0.970 bits per heavy atom. The van der Waals surface area contributed by atoms with Crippen molar-refractivity contribution in [2.24, 2.45) is 0 Å². The van der Waals surface area contributed by atoms with E-state index >= 15 is 0 Å². The van der Waals surface area contributed by atoms with E-state index in [0.29, 0.717) is 23.8 Å². The van der Waals surface area contributed by atoms with Crippen molar-refractivity contribution < 1.29 is 22.7 Å². The van der Waals surface area contributed by atoms with E-state index in [2.05, 4.69) is 5.32 Å². The summed E-state index contributed by atoms with van der Waals surface area (Å²) in [7, 11) is -2.44. The van der Waals surface area contributed by atoms with Crippen LogP contribution in [0.1, 0.15) is 18.1 Å². The lowest BCUT2D eigenvalue weighted by Gasteiger charge is -2.26. The molecule has 174 valence electrons. The van der Waals surface area contributed by atoms with Gasteiger partial charge in [-0.25, -0.2) is 8.42 Å². The summed E-state index contributed by atoms with van der Waals surface area (Å²) in [4.78, 5) is 12.9. The van der Waals surface area contributed by atoms with Crippen LogP contribution < -0.4 is 19.1 Å². The molecule has 0 saturated heterocycles. The number of ether oxygens (including phenoxy) is 2. The first-order valence-electron chi connectivity index (χ1n) is 10.6. The van der Waals surface area contributed by atoms with E-state index in [0.717, 1.165) is 15.4 Å².